The maximum atomic E-state index is 14.8. The van der Waals surface area contributed by atoms with Gasteiger partial charge in [0.1, 0.15) is 5.82 Å². The van der Waals surface area contributed by atoms with Crippen molar-refractivity contribution in [2.75, 3.05) is 18.4 Å². The molecule has 12 heteroatoms. The molecule has 2 aliphatic heterocycles. The highest BCUT2D eigenvalue weighted by Crippen LogP contribution is 2.34. The maximum Gasteiger partial charge on any atom is 0.257 e. The average Bonchev–Trinajstić information content (AvgIpc) is 3.45. The van der Waals surface area contributed by atoms with Crippen molar-refractivity contribution in [2.45, 2.75) is 13.0 Å². The Morgan fingerprint density at radius 2 is 1.84 bits per heavy atom. The number of aromatic nitrogens is 2. The molecule has 216 valence electrons. The number of aliphatic imine (C=N–C) groups is 1. The molecule has 1 aromatic heterocycles. The van der Waals surface area contributed by atoms with Crippen LogP contribution in [0.1, 0.15) is 33.5 Å². The monoisotopic (exact) mass is 596 g/mol. The minimum absolute atomic E-state index is 0.0713. The van der Waals surface area contributed by atoms with Gasteiger partial charge in [-0.25, -0.2) is 14.4 Å². The predicted molar refractivity (Wildman–Crippen MR) is 162 cm³/mol. The molecule has 5 N–H and O–H groups in total. The van der Waals surface area contributed by atoms with Gasteiger partial charge in [-0.2, -0.15) is 0 Å². The Hall–Kier alpha value is -5.16. The Balaban J connectivity index is 1.20. The van der Waals surface area contributed by atoms with Gasteiger partial charge in [-0.15, -0.1) is 0 Å². The maximum absolute atomic E-state index is 14.8. The van der Waals surface area contributed by atoms with Gasteiger partial charge < -0.3 is 16.0 Å². The predicted octanol–water partition coefficient (Wildman–Crippen LogP) is 4.50. The molecule has 0 bridgehead atoms. The second-order valence-corrected chi connectivity index (χ2v) is 10.7. The van der Waals surface area contributed by atoms with Gasteiger partial charge in [-0.1, -0.05) is 29.8 Å². The quantitative estimate of drug-likeness (QED) is 0.197. The number of hydrogen-bond donors (Lipinski definition) is 4. The van der Waals surface area contributed by atoms with Gasteiger partial charge in [0.05, 0.1) is 23.9 Å². The third kappa shape index (κ3) is 5.80. The van der Waals surface area contributed by atoms with Gasteiger partial charge in [-0.05, 0) is 55.0 Å². The normalized spacial score (nSPS) is 15.5. The van der Waals surface area contributed by atoms with E-state index in [0.29, 0.717) is 64.3 Å². The van der Waals surface area contributed by atoms with E-state index in [2.05, 4.69) is 15.6 Å². The molecule has 43 heavy (non-hydrogen) atoms. The number of hydrogen-bond acceptors (Lipinski definition) is 7. The summed E-state index contributed by atoms with van der Waals surface area (Å²) in [5.74, 6) is -1.30. The van der Waals surface area contributed by atoms with Gasteiger partial charge in [0.25, 0.3) is 5.91 Å². The summed E-state index contributed by atoms with van der Waals surface area (Å²) in [7, 11) is 0. The highest BCUT2D eigenvalue weighted by atomic mass is 35.5. The van der Waals surface area contributed by atoms with Crippen LogP contribution in [-0.2, 0) is 11.3 Å². The summed E-state index contributed by atoms with van der Waals surface area (Å²) in [6.07, 6.45) is 2.24. The summed E-state index contributed by atoms with van der Waals surface area (Å²) in [4.78, 5) is 39.7. The van der Waals surface area contributed by atoms with Crippen LogP contribution in [-0.4, -0.2) is 51.4 Å². The van der Waals surface area contributed by atoms with Crippen LogP contribution >= 0.6 is 11.6 Å². The number of anilines is 2. The minimum atomic E-state index is -0.443. The number of carbonyl (C=O) groups is 2. The minimum Gasteiger partial charge on any atom is -0.369 e. The topological polar surface area (TPSA) is 149 Å². The SMILES string of the molecule is N=C(NC(=O)c1ccc(Nc2ncc3c(n2)-c2ccc(Cl)cc2C(c2ccccc2F)=NC3)cc1)N1CCC(C(N)=O)C1. The molecule has 1 fully saturated rings. The van der Waals surface area contributed by atoms with Crippen LogP contribution in [0.15, 0.2) is 77.9 Å². The zero-order chi connectivity index (χ0) is 30.1. The van der Waals surface area contributed by atoms with Crippen LogP contribution in [0.2, 0.25) is 5.02 Å². The first-order chi connectivity index (χ1) is 20.8. The van der Waals surface area contributed by atoms with E-state index >= 15 is 0 Å². The lowest BCUT2D eigenvalue weighted by atomic mass is 9.95. The summed E-state index contributed by atoms with van der Waals surface area (Å²) in [6.45, 7) is 1.04. The zero-order valence-corrected chi connectivity index (χ0v) is 23.5. The van der Waals surface area contributed by atoms with Crippen LogP contribution in [0.4, 0.5) is 16.0 Å². The third-order valence-corrected chi connectivity index (χ3v) is 7.67. The van der Waals surface area contributed by atoms with Crippen molar-refractivity contribution < 1.29 is 14.0 Å². The Morgan fingerprint density at radius 3 is 2.58 bits per heavy atom. The van der Waals surface area contributed by atoms with Crippen molar-refractivity contribution in [1.82, 2.24) is 20.2 Å². The second kappa shape index (κ2) is 11.6. The Labute approximate surface area is 251 Å². The van der Waals surface area contributed by atoms with Crippen LogP contribution < -0.4 is 16.4 Å². The summed E-state index contributed by atoms with van der Waals surface area (Å²) >= 11 is 6.35. The van der Waals surface area contributed by atoms with E-state index in [9.17, 15) is 14.0 Å². The fourth-order valence-corrected chi connectivity index (χ4v) is 5.33. The molecule has 0 saturated carbocycles. The van der Waals surface area contributed by atoms with Crippen molar-refractivity contribution in [3.05, 3.63) is 106 Å². The molecule has 4 aromatic rings. The number of benzene rings is 3. The van der Waals surface area contributed by atoms with Gasteiger partial charge >= 0.3 is 0 Å². The molecule has 3 heterocycles. The van der Waals surface area contributed by atoms with Crippen molar-refractivity contribution in [3.63, 3.8) is 0 Å². The largest absolute Gasteiger partial charge is 0.369 e. The molecule has 0 aliphatic carbocycles. The van der Waals surface area contributed by atoms with Crippen molar-refractivity contribution >= 4 is 46.7 Å². The van der Waals surface area contributed by atoms with Crippen LogP contribution in [0, 0.1) is 17.1 Å². The highest BCUT2D eigenvalue weighted by Gasteiger charge is 2.29. The summed E-state index contributed by atoms with van der Waals surface area (Å²) in [6, 6.07) is 18.5. The Kier molecular flexibility index (Phi) is 7.56. The molecule has 1 atom stereocenters. The third-order valence-electron chi connectivity index (χ3n) is 7.43. The van der Waals surface area contributed by atoms with Crippen molar-refractivity contribution in [1.29, 1.82) is 5.41 Å². The number of rotatable bonds is 5. The Morgan fingerprint density at radius 1 is 1.05 bits per heavy atom. The highest BCUT2D eigenvalue weighted by molar-refractivity contribution is 6.31. The fraction of sp³-hybridized carbons (Fsp3) is 0.161. The number of amides is 2. The number of halogens is 2. The summed E-state index contributed by atoms with van der Waals surface area (Å²) in [5, 5.41) is 14.4. The number of carbonyl (C=O) groups excluding carboxylic acids is 2. The molecule has 3 aromatic carbocycles. The molecular weight excluding hydrogens is 571 g/mol. The molecule has 10 nitrogen and oxygen atoms in total. The standard InChI is InChI=1S/C31H26ClFN8O2/c32-20-7-10-22-24(13-20)27(23-3-1-2-4-25(23)33)36-14-19-15-37-31(39-26(19)22)38-21-8-5-17(6-9-21)29(43)40-30(35)41-12-11-18(16-41)28(34)42/h1-10,13,15,18H,11-12,14,16H2,(H2,34,42)(H2,35,40,43)(H,37,38,39). The Bertz CT molecular complexity index is 1790. The lowest BCUT2D eigenvalue weighted by Crippen LogP contribution is -2.42. The fourth-order valence-electron chi connectivity index (χ4n) is 5.16. The summed E-state index contributed by atoms with van der Waals surface area (Å²) < 4.78 is 14.8. The van der Waals surface area contributed by atoms with Gasteiger partial charge in [-0.3, -0.25) is 25.3 Å². The number of likely N-dealkylation sites (tertiary alicyclic amines) is 1. The van der Waals surface area contributed by atoms with E-state index in [-0.39, 0.29) is 24.2 Å². The first-order valence-electron chi connectivity index (χ1n) is 13.5. The van der Waals surface area contributed by atoms with Gasteiger partial charge in [0, 0.05) is 57.8 Å². The first kappa shape index (κ1) is 28.0. The first-order valence-corrected chi connectivity index (χ1v) is 13.9. The van der Waals surface area contributed by atoms with E-state index in [0.717, 1.165) is 11.1 Å². The molecule has 0 radical (unpaired) electrons. The van der Waals surface area contributed by atoms with E-state index in [1.54, 1.807) is 65.7 Å². The molecule has 1 saturated heterocycles. The van der Waals surface area contributed by atoms with E-state index in [1.165, 1.54) is 6.07 Å². The molecule has 2 amide bonds. The van der Waals surface area contributed by atoms with Crippen LogP contribution in [0.25, 0.3) is 11.3 Å². The molecule has 2 aliphatic rings. The van der Waals surface area contributed by atoms with Crippen molar-refractivity contribution in [2.24, 2.45) is 16.6 Å². The van der Waals surface area contributed by atoms with E-state index in [1.807, 2.05) is 6.07 Å². The number of nitrogens with two attached hydrogens (primary N) is 1. The average molecular weight is 597 g/mol. The zero-order valence-electron chi connectivity index (χ0n) is 22.8. The number of primary amides is 1. The van der Waals surface area contributed by atoms with E-state index in [4.69, 9.17) is 32.7 Å². The number of nitrogens with one attached hydrogen (secondary N) is 3. The molecule has 0 spiro atoms. The smallest absolute Gasteiger partial charge is 0.257 e. The lowest BCUT2D eigenvalue weighted by molar-refractivity contribution is -0.121. The molecule has 6 rings (SSSR count). The van der Waals surface area contributed by atoms with Gasteiger partial charge in [0.2, 0.25) is 11.9 Å². The number of fused-ring (bicyclic) bond motifs is 3. The molecule has 1 unspecified atom stereocenters. The number of nitrogens with zero attached hydrogens (tertiary/aromatic N) is 4. The number of guanidine groups is 1. The second-order valence-electron chi connectivity index (χ2n) is 10.2. The lowest BCUT2D eigenvalue weighted by Gasteiger charge is -2.19. The summed E-state index contributed by atoms with van der Waals surface area (Å²) in [5.41, 5.74) is 10.1. The van der Waals surface area contributed by atoms with E-state index < -0.39 is 11.8 Å². The molecular formula is C31H26ClFN8O2. The van der Waals surface area contributed by atoms with Crippen molar-refractivity contribution in [3.8, 4) is 11.3 Å². The van der Waals surface area contributed by atoms with Crippen LogP contribution in [0.5, 0.6) is 0 Å². The van der Waals surface area contributed by atoms with Gasteiger partial charge in [0.15, 0.2) is 5.96 Å². The van der Waals surface area contributed by atoms with Crippen LogP contribution in [0.3, 0.4) is 0 Å².